The minimum Gasteiger partial charge on any atom is -0.351 e. The van der Waals surface area contributed by atoms with E-state index < -0.39 is 5.92 Å². The number of rotatable bonds is 10. The van der Waals surface area contributed by atoms with Crippen LogP contribution >= 0.6 is 0 Å². The van der Waals surface area contributed by atoms with E-state index in [9.17, 15) is 13.6 Å². The molecule has 3 aromatic carbocycles. The van der Waals surface area contributed by atoms with Gasteiger partial charge < -0.3 is 4.90 Å². The molecule has 0 unspecified atom stereocenters. The predicted octanol–water partition coefficient (Wildman–Crippen LogP) is 7.20. The van der Waals surface area contributed by atoms with Crippen molar-refractivity contribution >= 4 is 11.6 Å². The summed E-state index contributed by atoms with van der Waals surface area (Å²) in [4.78, 5) is 24.0. The molecule has 0 saturated carbocycles. The van der Waals surface area contributed by atoms with Crippen LogP contribution in [-0.2, 0) is 23.6 Å². The highest BCUT2D eigenvalue weighted by atomic mass is 19.3. The van der Waals surface area contributed by atoms with E-state index in [1.54, 1.807) is 24.5 Å². The van der Waals surface area contributed by atoms with Gasteiger partial charge in [-0.2, -0.15) is 0 Å². The van der Waals surface area contributed by atoms with Gasteiger partial charge in [-0.15, -0.1) is 0 Å². The molecule has 6 heteroatoms. The first-order valence-corrected chi connectivity index (χ1v) is 12.5. The van der Waals surface area contributed by atoms with Gasteiger partial charge in [-0.1, -0.05) is 85.8 Å². The van der Waals surface area contributed by atoms with Gasteiger partial charge in [0.1, 0.15) is 11.5 Å². The Morgan fingerprint density at radius 3 is 2.03 bits per heavy atom. The molecule has 1 heterocycles. The number of anilines is 1. The summed E-state index contributed by atoms with van der Waals surface area (Å²) in [5, 5.41) is 0. The molecule has 0 spiro atoms. The Hall–Kier alpha value is -3.93. The van der Waals surface area contributed by atoms with Gasteiger partial charge in [0, 0.05) is 49.8 Å². The molecule has 37 heavy (non-hydrogen) atoms. The van der Waals surface area contributed by atoms with Crippen LogP contribution in [0, 0.1) is 0 Å². The number of hydrogen-bond acceptors (Lipinski definition) is 4. The SMILES string of the molecule is CCC(F)(F)c1ccc(CC(=O)Cc2ccc(-c3nccnc3N(C)[C@@H](C)c3ccccc3)cc2)cc1. The highest BCUT2D eigenvalue weighted by Crippen LogP contribution is 2.32. The standard InChI is InChI=1S/C31H31F2N3O/c1-4-31(32,33)27-16-12-24(13-17-27)21-28(37)20-23-10-14-26(15-11-23)29-30(35-19-18-34-29)36(3)22(2)25-8-6-5-7-9-25/h5-19,22H,4,20-21H2,1-3H3/t22-/m0/s1. The Morgan fingerprint density at radius 2 is 1.43 bits per heavy atom. The smallest absolute Gasteiger partial charge is 0.273 e. The molecule has 0 aliphatic heterocycles. The van der Waals surface area contributed by atoms with Crippen LogP contribution < -0.4 is 4.90 Å². The molecule has 4 aromatic rings. The minimum atomic E-state index is -2.85. The number of nitrogens with zero attached hydrogens (tertiary/aromatic N) is 3. The second kappa shape index (κ2) is 11.4. The summed E-state index contributed by atoms with van der Waals surface area (Å²) >= 11 is 0. The van der Waals surface area contributed by atoms with Crippen molar-refractivity contribution in [2.75, 3.05) is 11.9 Å². The van der Waals surface area contributed by atoms with Gasteiger partial charge in [0.15, 0.2) is 5.82 Å². The Morgan fingerprint density at radius 1 is 0.865 bits per heavy atom. The zero-order valence-electron chi connectivity index (χ0n) is 21.4. The largest absolute Gasteiger partial charge is 0.351 e. The molecule has 1 aromatic heterocycles. The minimum absolute atomic E-state index is 0.0195. The van der Waals surface area contributed by atoms with Crippen molar-refractivity contribution in [3.05, 3.63) is 114 Å². The molecule has 0 bridgehead atoms. The number of carbonyl (C=O) groups excluding carboxylic acids is 1. The lowest BCUT2D eigenvalue weighted by Gasteiger charge is -2.27. The number of benzene rings is 3. The normalized spacial score (nSPS) is 12.2. The Kier molecular flexibility index (Phi) is 8.07. The molecule has 190 valence electrons. The molecule has 4 rings (SSSR count). The highest BCUT2D eigenvalue weighted by Gasteiger charge is 2.28. The summed E-state index contributed by atoms with van der Waals surface area (Å²) in [5.41, 5.74) is 4.48. The van der Waals surface area contributed by atoms with Crippen LogP contribution in [0.4, 0.5) is 14.6 Å². The fourth-order valence-corrected chi connectivity index (χ4v) is 4.30. The van der Waals surface area contributed by atoms with Gasteiger partial charge in [-0.25, -0.2) is 13.8 Å². The van der Waals surface area contributed by atoms with Crippen molar-refractivity contribution in [1.82, 2.24) is 9.97 Å². The first kappa shape index (κ1) is 26.1. The maximum Gasteiger partial charge on any atom is 0.273 e. The number of ketones is 1. The summed E-state index contributed by atoms with van der Waals surface area (Å²) in [6.45, 7) is 3.59. The number of aromatic nitrogens is 2. The van der Waals surface area contributed by atoms with Crippen molar-refractivity contribution in [2.45, 2.75) is 45.1 Å². The summed E-state index contributed by atoms with van der Waals surface area (Å²) in [6, 6.07) is 24.2. The number of hydrogen-bond donors (Lipinski definition) is 0. The first-order valence-electron chi connectivity index (χ1n) is 12.5. The summed E-state index contributed by atoms with van der Waals surface area (Å²) in [6.07, 6.45) is 3.59. The van der Waals surface area contributed by atoms with Crippen molar-refractivity contribution in [2.24, 2.45) is 0 Å². The number of halogens is 2. The molecule has 1 atom stereocenters. The van der Waals surface area contributed by atoms with E-state index >= 15 is 0 Å². The quantitative estimate of drug-likeness (QED) is 0.232. The Labute approximate surface area is 217 Å². The predicted molar refractivity (Wildman–Crippen MR) is 144 cm³/mol. The average molecular weight is 500 g/mol. The molecule has 0 amide bonds. The molecule has 0 radical (unpaired) electrons. The van der Waals surface area contributed by atoms with Crippen LogP contribution in [0.5, 0.6) is 0 Å². The number of alkyl halides is 2. The van der Waals surface area contributed by atoms with E-state index in [-0.39, 0.29) is 36.7 Å². The van der Waals surface area contributed by atoms with E-state index in [0.717, 1.165) is 28.2 Å². The van der Waals surface area contributed by atoms with Crippen molar-refractivity contribution in [3.63, 3.8) is 0 Å². The van der Waals surface area contributed by atoms with Crippen molar-refractivity contribution in [3.8, 4) is 11.3 Å². The van der Waals surface area contributed by atoms with E-state index in [1.807, 2.05) is 49.5 Å². The maximum absolute atomic E-state index is 13.8. The van der Waals surface area contributed by atoms with Gasteiger partial charge in [0.05, 0.1) is 6.04 Å². The second-order valence-electron chi connectivity index (χ2n) is 9.27. The summed E-state index contributed by atoms with van der Waals surface area (Å²) in [5.74, 6) is -2.04. The highest BCUT2D eigenvalue weighted by molar-refractivity contribution is 5.83. The van der Waals surface area contributed by atoms with E-state index in [2.05, 4.69) is 33.9 Å². The van der Waals surface area contributed by atoms with Gasteiger partial charge in [0.25, 0.3) is 5.92 Å². The summed E-state index contributed by atoms with van der Waals surface area (Å²) < 4.78 is 27.7. The zero-order chi connectivity index (χ0) is 26.4. The molecule has 0 fully saturated rings. The fraction of sp³-hybridized carbons (Fsp3) is 0.258. The first-order chi connectivity index (χ1) is 17.8. The molecular formula is C31H31F2N3O. The third-order valence-electron chi connectivity index (χ3n) is 6.73. The topological polar surface area (TPSA) is 46.1 Å². The third-order valence-corrected chi connectivity index (χ3v) is 6.73. The van der Waals surface area contributed by atoms with Crippen molar-refractivity contribution < 1.29 is 13.6 Å². The second-order valence-corrected chi connectivity index (χ2v) is 9.27. The molecule has 4 nitrogen and oxygen atoms in total. The van der Waals surface area contributed by atoms with Crippen LogP contribution in [0.3, 0.4) is 0 Å². The lowest BCUT2D eigenvalue weighted by Crippen LogP contribution is -2.23. The third kappa shape index (κ3) is 6.26. The molecule has 0 aliphatic carbocycles. The van der Waals surface area contributed by atoms with Crippen molar-refractivity contribution in [1.29, 1.82) is 0 Å². The summed E-state index contributed by atoms with van der Waals surface area (Å²) in [7, 11) is 2.01. The van der Waals surface area contributed by atoms with E-state index in [4.69, 9.17) is 0 Å². The average Bonchev–Trinajstić information content (AvgIpc) is 2.93. The molecular weight excluding hydrogens is 468 g/mol. The van der Waals surface area contributed by atoms with Crippen LogP contribution in [0.2, 0.25) is 0 Å². The van der Waals surface area contributed by atoms with Crippen LogP contribution in [-0.4, -0.2) is 22.8 Å². The molecule has 0 N–H and O–H groups in total. The van der Waals surface area contributed by atoms with Crippen LogP contribution in [0.25, 0.3) is 11.3 Å². The number of Topliss-reactive ketones (excluding diaryl/α,β-unsaturated/α-hetero) is 1. The van der Waals surface area contributed by atoms with Gasteiger partial charge in [0.2, 0.25) is 0 Å². The monoisotopic (exact) mass is 499 g/mol. The van der Waals surface area contributed by atoms with Gasteiger partial charge in [-0.3, -0.25) is 9.78 Å². The van der Waals surface area contributed by atoms with Crippen LogP contribution in [0.15, 0.2) is 91.3 Å². The lowest BCUT2D eigenvalue weighted by molar-refractivity contribution is -0.117. The Balaban J connectivity index is 1.44. The molecule has 0 aliphatic rings. The maximum atomic E-state index is 13.8. The van der Waals surface area contributed by atoms with Crippen LogP contribution in [0.1, 0.15) is 48.6 Å². The van der Waals surface area contributed by atoms with Gasteiger partial charge >= 0.3 is 0 Å². The van der Waals surface area contributed by atoms with E-state index in [0.29, 0.717) is 0 Å². The number of carbonyl (C=O) groups is 1. The molecule has 0 saturated heterocycles. The van der Waals surface area contributed by atoms with Gasteiger partial charge in [-0.05, 0) is 23.6 Å². The Bertz CT molecular complexity index is 1320. The van der Waals surface area contributed by atoms with E-state index in [1.165, 1.54) is 24.6 Å². The lowest BCUT2D eigenvalue weighted by atomic mass is 9.99. The fourth-order valence-electron chi connectivity index (χ4n) is 4.30. The zero-order valence-corrected chi connectivity index (χ0v) is 21.4.